The topological polar surface area (TPSA) is 63.9 Å². The van der Waals surface area contributed by atoms with Gasteiger partial charge in [0.25, 0.3) is 5.91 Å². The Balaban J connectivity index is 1.66. The number of aryl methyl sites for hydroxylation is 1. The lowest BCUT2D eigenvalue weighted by atomic mass is 9.76. The van der Waals surface area contributed by atoms with Gasteiger partial charge in [-0.15, -0.1) is 21.5 Å². The Labute approximate surface area is 133 Å². The quantitative estimate of drug-likeness (QED) is 0.850. The number of amides is 1. The van der Waals surface area contributed by atoms with Gasteiger partial charge in [0.2, 0.25) is 0 Å². The Morgan fingerprint density at radius 3 is 2.86 bits per heavy atom. The second-order valence-corrected chi connectivity index (χ2v) is 7.20. The maximum atomic E-state index is 12.7. The zero-order valence-electron chi connectivity index (χ0n) is 12.6. The molecule has 2 fully saturated rings. The summed E-state index contributed by atoms with van der Waals surface area (Å²) in [5.74, 6) is 1.35. The zero-order chi connectivity index (χ0) is 15.2. The van der Waals surface area contributed by atoms with Crippen LogP contribution in [0.5, 0.6) is 0 Å². The number of aromatic nitrogens is 4. The average molecular weight is 317 g/mol. The van der Waals surface area contributed by atoms with Crippen molar-refractivity contribution in [3.8, 4) is 0 Å². The van der Waals surface area contributed by atoms with E-state index in [1.807, 2.05) is 21.9 Å². The van der Waals surface area contributed by atoms with Crippen molar-refractivity contribution in [1.82, 2.24) is 24.6 Å². The summed E-state index contributed by atoms with van der Waals surface area (Å²) >= 11 is 1.47. The van der Waals surface area contributed by atoms with E-state index in [4.69, 9.17) is 0 Å². The van der Waals surface area contributed by atoms with Crippen LogP contribution in [-0.4, -0.2) is 43.6 Å². The molecule has 1 saturated carbocycles. The van der Waals surface area contributed by atoms with E-state index in [0.717, 1.165) is 18.9 Å². The SMILES string of the molecule is Cn1cnnc1C1CN(C(=O)c2cscn2)CC12CCCC2. The summed E-state index contributed by atoms with van der Waals surface area (Å²) in [5.41, 5.74) is 2.46. The number of rotatable bonds is 2. The molecular formula is C15H19N5OS. The third-order valence-corrected chi connectivity index (χ3v) is 5.83. The molecule has 2 aromatic rings. The van der Waals surface area contributed by atoms with E-state index in [0.29, 0.717) is 5.69 Å². The summed E-state index contributed by atoms with van der Waals surface area (Å²) in [5, 5.41) is 10.2. The van der Waals surface area contributed by atoms with Gasteiger partial charge in [-0.3, -0.25) is 4.79 Å². The second-order valence-electron chi connectivity index (χ2n) is 6.48. The lowest BCUT2D eigenvalue weighted by molar-refractivity contribution is 0.0768. The first-order chi connectivity index (χ1) is 10.7. The monoisotopic (exact) mass is 317 g/mol. The van der Waals surface area contributed by atoms with Gasteiger partial charge in [0.1, 0.15) is 17.8 Å². The van der Waals surface area contributed by atoms with Crippen LogP contribution in [0.2, 0.25) is 0 Å². The van der Waals surface area contributed by atoms with Gasteiger partial charge in [-0.2, -0.15) is 0 Å². The van der Waals surface area contributed by atoms with Crippen molar-refractivity contribution in [3.63, 3.8) is 0 Å². The standard InChI is InChI=1S/C15H19N5OS/c1-19-9-17-18-13(19)11-6-20(8-15(11)4-2-3-5-15)14(21)12-7-22-10-16-12/h7,9-11H,2-6,8H2,1H3. The van der Waals surface area contributed by atoms with Crippen LogP contribution >= 0.6 is 11.3 Å². The van der Waals surface area contributed by atoms with Crippen molar-refractivity contribution in [2.75, 3.05) is 13.1 Å². The van der Waals surface area contributed by atoms with Gasteiger partial charge in [0.05, 0.1) is 5.51 Å². The molecule has 0 N–H and O–H groups in total. The minimum absolute atomic E-state index is 0.0530. The maximum Gasteiger partial charge on any atom is 0.273 e. The molecule has 0 bridgehead atoms. The first kappa shape index (κ1) is 13.9. The normalized spacial score (nSPS) is 23.5. The number of hydrogen-bond acceptors (Lipinski definition) is 5. The summed E-state index contributed by atoms with van der Waals surface area (Å²) in [4.78, 5) is 18.8. The molecule has 1 atom stereocenters. The minimum atomic E-state index is 0.0530. The third-order valence-electron chi connectivity index (χ3n) is 5.24. The van der Waals surface area contributed by atoms with Gasteiger partial charge in [-0.25, -0.2) is 4.98 Å². The van der Waals surface area contributed by atoms with Crippen LogP contribution in [0, 0.1) is 5.41 Å². The molecule has 7 heteroatoms. The average Bonchev–Trinajstić information content (AvgIpc) is 3.28. The Bertz CT molecular complexity index is 674. The largest absolute Gasteiger partial charge is 0.336 e. The number of thiazole rings is 1. The van der Waals surface area contributed by atoms with E-state index in [-0.39, 0.29) is 17.2 Å². The highest BCUT2D eigenvalue weighted by atomic mass is 32.1. The summed E-state index contributed by atoms with van der Waals surface area (Å²) in [6, 6.07) is 0. The Morgan fingerprint density at radius 2 is 2.23 bits per heavy atom. The van der Waals surface area contributed by atoms with Crippen molar-refractivity contribution < 1.29 is 4.79 Å². The van der Waals surface area contributed by atoms with Crippen molar-refractivity contribution in [1.29, 1.82) is 0 Å². The highest BCUT2D eigenvalue weighted by molar-refractivity contribution is 7.07. The van der Waals surface area contributed by atoms with E-state index >= 15 is 0 Å². The molecule has 6 nitrogen and oxygen atoms in total. The first-order valence-electron chi connectivity index (χ1n) is 7.71. The van der Waals surface area contributed by atoms with Crippen molar-refractivity contribution in [3.05, 3.63) is 28.7 Å². The van der Waals surface area contributed by atoms with Crippen molar-refractivity contribution >= 4 is 17.2 Å². The molecule has 2 aromatic heterocycles. The Hall–Kier alpha value is -1.76. The number of carbonyl (C=O) groups excluding carboxylic acids is 1. The van der Waals surface area contributed by atoms with E-state index in [2.05, 4.69) is 15.2 Å². The lowest BCUT2D eigenvalue weighted by Gasteiger charge is -2.28. The van der Waals surface area contributed by atoms with Gasteiger partial charge in [0.15, 0.2) is 0 Å². The van der Waals surface area contributed by atoms with Gasteiger partial charge in [-0.05, 0) is 18.3 Å². The molecule has 0 radical (unpaired) electrons. The van der Waals surface area contributed by atoms with E-state index in [1.54, 1.807) is 11.8 Å². The lowest BCUT2D eigenvalue weighted by Crippen LogP contribution is -2.31. The van der Waals surface area contributed by atoms with Gasteiger partial charge in [-0.1, -0.05) is 12.8 Å². The molecule has 1 unspecified atom stereocenters. The van der Waals surface area contributed by atoms with E-state index in [1.165, 1.54) is 37.0 Å². The van der Waals surface area contributed by atoms with E-state index in [9.17, 15) is 4.79 Å². The van der Waals surface area contributed by atoms with Crippen LogP contribution in [0.15, 0.2) is 17.2 Å². The molecule has 2 aliphatic rings. The number of nitrogens with zero attached hydrogens (tertiary/aromatic N) is 5. The molecule has 3 heterocycles. The minimum Gasteiger partial charge on any atom is -0.336 e. The first-order valence-corrected chi connectivity index (χ1v) is 8.65. The Morgan fingerprint density at radius 1 is 1.41 bits per heavy atom. The van der Waals surface area contributed by atoms with Gasteiger partial charge >= 0.3 is 0 Å². The molecule has 116 valence electrons. The van der Waals surface area contributed by atoms with Crippen LogP contribution in [0.1, 0.15) is 47.9 Å². The third kappa shape index (κ3) is 2.06. The van der Waals surface area contributed by atoms with Crippen LogP contribution in [-0.2, 0) is 7.05 Å². The maximum absolute atomic E-state index is 12.7. The van der Waals surface area contributed by atoms with Crippen molar-refractivity contribution in [2.45, 2.75) is 31.6 Å². The summed E-state index contributed by atoms with van der Waals surface area (Å²) < 4.78 is 2.00. The van der Waals surface area contributed by atoms with Crippen LogP contribution < -0.4 is 0 Å². The molecule has 4 rings (SSSR count). The molecule has 1 aliphatic carbocycles. The van der Waals surface area contributed by atoms with Crippen LogP contribution in [0.3, 0.4) is 0 Å². The number of hydrogen-bond donors (Lipinski definition) is 0. The molecule has 1 saturated heterocycles. The molecule has 1 aliphatic heterocycles. The number of likely N-dealkylation sites (tertiary alicyclic amines) is 1. The van der Waals surface area contributed by atoms with Gasteiger partial charge in [0, 0.05) is 31.4 Å². The molecule has 22 heavy (non-hydrogen) atoms. The Kier molecular flexibility index (Phi) is 3.25. The predicted octanol–water partition coefficient (Wildman–Crippen LogP) is 2.07. The van der Waals surface area contributed by atoms with Crippen molar-refractivity contribution in [2.24, 2.45) is 12.5 Å². The second kappa shape index (κ2) is 5.15. The van der Waals surface area contributed by atoms with E-state index < -0.39 is 0 Å². The fourth-order valence-corrected chi connectivity index (χ4v) is 4.68. The fourth-order valence-electron chi connectivity index (χ4n) is 4.15. The summed E-state index contributed by atoms with van der Waals surface area (Å²) in [6.07, 6.45) is 6.58. The van der Waals surface area contributed by atoms with Crippen LogP contribution in [0.25, 0.3) is 0 Å². The molecule has 0 aromatic carbocycles. The molecule has 1 amide bonds. The summed E-state index contributed by atoms with van der Waals surface area (Å²) in [7, 11) is 1.99. The zero-order valence-corrected chi connectivity index (χ0v) is 13.4. The fraction of sp³-hybridized carbons (Fsp3) is 0.600. The number of carbonyl (C=O) groups is 1. The highest BCUT2D eigenvalue weighted by Gasteiger charge is 2.51. The molecule has 1 spiro atoms. The molecular weight excluding hydrogens is 298 g/mol. The summed E-state index contributed by atoms with van der Waals surface area (Å²) in [6.45, 7) is 1.55. The van der Waals surface area contributed by atoms with Gasteiger partial charge < -0.3 is 9.47 Å². The highest BCUT2D eigenvalue weighted by Crippen LogP contribution is 2.53. The predicted molar refractivity (Wildman–Crippen MR) is 82.7 cm³/mol. The van der Waals surface area contributed by atoms with Crippen LogP contribution in [0.4, 0.5) is 0 Å². The smallest absolute Gasteiger partial charge is 0.273 e.